The van der Waals surface area contributed by atoms with Crippen molar-refractivity contribution in [2.75, 3.05) is 11.9 Å². The highest BCUT2D eigenvalue weighted by Crippen LogP contribution is 2.34. The number of aromatic hydroxyl groups is 1. The van der Waals surface area contributed by atoms with Gasteiger partial charge in [0.05, 0.1) is 23.6 Å². The maximum Gasteiger partial charge on any atom is 0.290 e. The van der Waals surface area contributed by atoms with Gasteiger partial charge in [0.15, 0.2) is 0 Å². The number of nitrogens with one attached hydrogen (secondary N) is 1. The molecule has 3 heterocycles. The molecule has 2 aromatic heterocycles. The second-order valence-corrected chi connectivity index (χ2v) is 11.1. The van der Waals surface area contributed by atoms with Gasteiger partial charge in [-0.1, -0.05) is 12.1 Å². The second kappa shape index (κ2) is 10.4. The highest BCUT2D eigenvalue weighted by molar-refractivity contribution is 5.83. The van der Waals surface area contributed by atoms with Crippen LogP contribution in [0.4, 0.5) is 5.95 Å². The summed E-state index contributed by atoms with van der Waals surface area (Å²) in [6.07, 6.45) is 5.47. The van der Waals surface area contributed by atoms with Crippen LogP contribution in [0.25, 0.3) is 33.4 Å². The van der Waals surface area contributed by atoms with Gasteiger partial charge in [-0.05, 0) is 75.9 Å². The van der Waals surface area contributed by atoms with E-state index in [9.17, 15) is 5.11 Å². The van der Waals surface area contributed by atoms with Gasteiger partial charge in [-0.3, -0.25) is 4.79 Å². The van der Waals surface area contributed by atoms with E-state index in [1.165, 1.54) is 0 Å². The Hall–Kier alpha value is -4.05. The zero-order valence-electron chi connectivity index (χ0n) is 22.7. The van der Waals surface area contributed by atoms with Crippen molar-refractivity contribution in [1.29, 1.82) is 0 Å². The quantitative estimate of drug-likeness (QED) is 0.340. The molecule has 1 aliphatic heterocycles. The summed E-state index contributed by atoms with van der Waals surface area (Å²) in [7, 11) is 4.01. The first kappa shape index (κ1) is 27.0. The third kappa shape index (κ3) is 5.75. The topological polar surface area (TPSA) is 129 Å². The van der Waals surface area contributed by atoms with Crippen molar-refractivity contribution in [2.24, 2.45) is 7.05 Å². The number of carbonyl (C=O) groups is 1. The fourth-order valence-corrected chi connectivity index (χ4v) is 5.50. The lowest BCUT2D eigenvalue weighted by Gasteiger charge is -2.48. The van der Waals surface area contributed by atoms with Crippen molar-refractivity contribution in [3.05, 3.63) is 48.9 Å². The number of anilines is 1. The Balaban J connectivity index is 0.00000107. The summed E-state index contributed by atoms with van der Waals surface area (Å²) >= 11 is 0. The van der Waals surface area contributed by atoms with E-state index in [1.54, 1.807) is 18.6 Å². The minimum atomic E-state index is -0.250. The van der Waals surface area contributed by atoms with Crippen LogP contribution in [0, 0.1) is 0 Å². The van der Waals surface area contributed by atoms with E-state index in [4.69, 9.17) is 9.90 Å². The van der Waals surface area contributed by atoms with Gasteiger partial charge in [0.1, 0.15) is 11.4 Å². The molecule has 0 amide bonds. The summed E-state index contributed by atoms with van der Waals surface area (Å²) in [6, 6.07) is 12.0. The van der Waals surface area contributed by atoms with Gasteiger partial charge in [-0.15, -0.1) is 10.2 Å². The maximum absolute atomic E-state index is 10.8. The Bertz CT molecular complexity index is 1410. The molecule has 10 heteroatoms. The Labute approximate surface area is 222 Å². The molecule has 10 nitrogen and oxygen atoms in total. The number of carboxylic acid groups (broad SMARTS) is 1. The number of nitrogens with zero attached hydrogens (tertiary/aromatic N) is 6. The predicted octanol–water partition coefficient (Wildman–Crippen LogP) is 4.24. The van der Waals surface area contributed by atoms with E-state index >= 15 is 0 Å². The van der Waals surface area contributed by atoms with Crippen LogP contribution < -0.4 is 10.2 Å². The minimum Gasteiger partial charge on any atom is -0.507 e. The molecule has 38 heavy (non-hydrogen) atoms. The molecule has 5 rings (SSSR count). The highest BCUT2D eigenvalue weighted by Gasteiger charge is 2.39. The van der Waals surface area contributed by atoms with Crippen molar-refractivity contribution < 1.29 is 15.0 Å². The lowest BCUT2D eigenvalue weighted by Crippen LogP contribution is -2.62. The summed E-state index contributed by atoms with van der Waals surface area (Å²) < 4.78 is 1.99. The van der Waals surface area contributed by atoms with E-state index in [2.05, 4.69) is 58.1 Å². The second-order valence-electron chi connectivity index (χ2n) is 11.1. The van der Waals surface area contributed by atoms with E-state index in [-0.39, 0.29) is 23.3 Å². The van der Waals surface area contributed by atoms with Crippen molar-refractivity contribution in [2.45, 2.75) is 57.7 Å². The molecule has 1 saturated heterocycles. The number of piperidine rings is 1. The Morgan fingerprint density at radius 2 is 1.66 bits per heavy atom. The van der Waals surface area contributed by atoms with Crippen LogP contribution >= 0.6 is 0 Å². The summed E-state index contributed by atoms with van der Waals surface area (Å²) in [6.45, 7) is 8.69. The molecule has 2 aromatic carbocycles. The number of phenols is 1. The molecule has 0 aliphatic carbocycles. The Kier molecular flexibility index (Phi) is 7.37. The highest BCUT2D eigenvalue weighted by atomic mass is 16.3. The first-order chi connectivity index (χ1) is 17.9. The maximum atomic E-state index is 10.8. The SMILES string of the molecule is CN(c1ncc(-c2ccc(-c3ccc4c(c3)ncn4C)cc2O)nn1)C1CC(C)(C)NC(C)(C)C1.O=CO. The van der Waals surface area contributed by atoms with Crippen LogP contribution in [0.2, 0.25) is 0 Å². The summed E-state index contributed by atoms with van der Waals surface area (Å²) in [5.74, 6) is 0.731. The largest absolute Gasteiger partial charge is 0.507 e. The van der Waals surface area contributed by atoms with E-state index < -0.39 is 0 Å². The molecule has 0 radical (unpaired) electrons. The van der Waals surface area contributed by atoms with Crippen LogP contribution in [-0.4, -0.2) is 65.6 Å². The van der Waals surface area contributed by atoms with Crippen molar-refractivity contribution in [3.63, 3.8) is 0 Å². The van der Waals surface area contributed by atoms with Gasteiger partial charge in [0, 0.05) is 36.8 Å². The number of phenolic OH excluding ortho intramolecular Hbond substituents is 1. The number of rotatable bonds is 4. The average Bonchev–Trinajstić information content (AvgIpc) is 3.22. The van der Waals surface area contributed by atoms with Gasteiger partial charge < -0.3 is 25.0 Å². The summed E-state index contributed by atoms with van der Waals surface area (Å²) in [4.78, 5) is 19.5. The Morgan fingerprint density at radius 1 is 1.03 bits per heavy atom. The van der Waals surface area contributed by atoms with E-state index in [0.29, 0.717) is 23.2 Å². The molecule has 0 spiro atoms. The number of hydrogen-bond donors (Lipinski definition) is 3. The number of imidazole rings is 1. The molecular formula is C28H35N7O3. The van der Waals surface area contributed by atoms with Gasteiger partial charge in [-0.25, -0.2) is 9.97 Å². The number of hydrogen-bond acceptors (Lipinski definition) is 8. The molecule has 1 fully saturated rings. The zero-order chi connectivity index (χ0) is 27.7. The third-order valence-electron chi connectivity index (χ3n) is 6.91. The molecular weight excluding hydrogens is 482 g/mol. The smallest absolute Gasteiger partial charge is 0.290 e. The van der Waals surface area contributed by atoms with Crippen molar-refractivity contribution in [3.8, 4) is 28.1 Å². The molecule has 1 aliphatic rings. The zero-order valence-corrected chi connectivity index (χ0v) is 22.7. The van der Waals surface area contributed by atoms with Crippen LogP contribution in [0.5, 0.6) is 5.75 Å². The number of aryl methyl sites for hydroxylation is 1. The normalized spacial score (nSPS) is 16.5. The predicted molar refractivity (Wildman–Crippen MR) is 148 cm³/mol. The monoisotopic (exact) mass is 517 g/mol. The fraction of sp³-hybridized carbons (Fsp3) is 0.393. The first-order valence-corrected chi connectivity index (χ1v) is 12.5. The lowest BCUT2D eigenvalue weighted by atomic mass is 9.79. The molecule has 3 N–H and O–H groups in total. The van der Waals surface area contributed by atoms with Crippen LogP contribution in [0.3, 0.4) is 0 Å². The van der Waals surface area contributed by atoms with Gasteiger partial charge in [0.2, 0.25) is 5.95 Å². The average molecular weight is 518 g/mol. The number of aromatic nitrogens is 5. The fourth-order valence-electron chi connectivity index (χ4n) is 5.50. The van der Waals surface area contributed by atoms with Gasteiger partial charge >= 0.3 is 0 Å². The first-order valence-electron chi connectivity index (χ1n) is 12.5. The van der Waals surface area contributed by atoms with E-state index in [1.807, 2.05) is 49.0 Å². The van der Waals surface area contributed by atoms with Crippen LogP contribution in [0.15, 0.2) is 48.9 Å². The molecule has 0 bridgehead atoms. The molecule has 0 atom stereocenters. The van der Waals surface area contributed by atoms with Crippen LogP contribution in [-0.2, 0) is 11.8 Å². The molecule has 0 saturated carbocycles. The van der Waals surface area contributed by atoms with Crippen molar-refractivity contribution >= 4 is 23.5 Å². The molecule has 0 unspecified atom stereocenters. The van der Waals surface area contributed by atoms with Crippen molar-refractivity contribution in [1.82, 2.24) is 30.0 Å². The lowest BCUT2D eigenvalue weighted by molar-refractivity contribution is -0.122. The minimum absolute atomic E-state index is 0.0304. The number of benzene rings is 2. The standard InChI is InChI=1S/C27H33N7O.CH2O2/c1-26(2)13-19(14-27(3,4)32-26)34(6)25-28-15-22(30-31-25)20-9-7-18(12-24(20)35)17-8-10-23-21(11-17)29-16-33(23)5;2-1-3/h7-12,15-16,19,32,35H,13-14H2,1-6H3;1H,(H,2,3). The molecule has 4 aromatic rings. The molecule has 200 valence electrons. The van der Waals surface area contributed by atoms with Gasteiger partial charge in [-0.2, -0.15) is 0 Å². The summed E-state index contributed by atoms with van der Waals surface area (Å²) in [5, 5.41) is 30.2. The van der Waals surface area contributed by atoms with E-state index in [0.717, 1.165) is 35.0 Å². The Morgan fingerprint density at radius 3 is 2.26 bits per heavy atom. The third-order valence-corrected chi connectivity index (χ3v) is 6.91. The van der Waals surface area contributed by atoms with Gasteiger partial charge in [0.25, 0.3) is 6.47 Å². The summed E-state index contributed by atoms with van der Waals surface area (Å²) in [5.41, 5.74) is 5.09. The number of fused-ring (bicyclic) bond motifs is 1. The van der Waals surface area contributed by atoms with Crippen LogP contribution in [0.1, 0.15) is 40.5 Å².